The first-order chi connectivity index (χ1) is 13.9. The Hall–Kier alpha value is -2.91. The number of benzene rings is 2. The highest BCUT2D eigenvalue weighted by Crippen LogP contribution is 2.27. The van der Waals surface area contributed by atoms with Crippen LogP contribution in [-0.4, -0.2) is 20.9 Å². The second-order valence-corrected chi connectivity index (χ2v) is 7.98. The Bertz CT molecular complexity index is 1090. The Morgan fingerprint density at radius 3 is 2.83 bits per heavy atom. The largest absolute Gasteiger partial charge is 0.308 e. The molecule has 0 aliphatic heterocycles. The lowest BCUT2D eigenvalue weighted by Gasteiger charge is -2.09. The Morgan fingerprint density at radius 2 is 2.10 bits per heavy atom. The van der Waals surface area contributed by atoms with E-state index in [2.05, 4.69) is 34.7 Å². The maximum Gasteiger partial charge on any atom is 0.273 e. The predicted octanol–water partition coefficient (Wildman–Crippen LogP) is 4.98. The van der Waals surface area contributed by atoms with Gasteiger partial charge in [0.1, 0.15) is 0 Å². The maximum absolute atomic E-state index is 12.5. The van der Waals surface area contributed by atoms with Crippen LogP contribution in [0.3, 0.4) is 0 Å². The molecule has 0 unspecified atom stereocenters. The van der Waals surface area contributed by atoms with Crippen LogP contribution in [0.5, 0.6) is 0 Å². The number of aromatic nitrogens is 1. The number of nitro benzene ring substituents is 1. The second-order valence-electron chi connectivity index (χ2n) is 6.54. The van der Waals surface area contributed by atoms with Gasteiger partial charge in [-0.3, -0.25) is 20.2 Å². The number of carbonyl (C=O) groups excluding carboxylic acids is 1. The van der Waals surface area contributed by atoms with Gasteiger partial charge in [-0.15, -0.1) is 0 Å². The lowest BCUT2D eigenvalue weighted by molar-refractivity contribution is -0.385. The van der Waals surface area contributed by atoms with E-state index in [1.807, 2.05) is 6.07 Å². The average molecular weight is 429 g/mol. The molecule has 0 saturated carbocycles. The molecular formula is C20H20N4O3S2. The Kier molecular flexibility index (Phi) is 6.50. The van der Waals surface area contributed by atoms with Gasteiger partial charge in [-0.1, -0.05) is 36.8 Å². The lowest BCUT2D eigenvalue weighted by Crippen LogP contribution is -2.34. The van der Waals surface area contributed by atoms with Crippen molar-refractivity contribution in [1.29, 1.82) is 0 Å². The molecule has 0 fully saturated rings. The fourth-order valence-electron chi connectivity index (χ4n) is 2.92. The third kappa shape index (κ3) is 4.93. The number of amides is 1. The molecule has 0 aliphatic rings. The molecule has 2 aromatic carbocycles. The molecule has 29 heavy (non-hydrogen) atoms. The highest BCUT2D eigenvalue weighted by atomic mass is 32.1. The van der Waals surface area contributed by atoms with Crippen LogP contribution in [0.25, 0.3) is 10.2 Å². The number of nitrogens with zero attached hydrogens (tertiary/aromatic N) is 2. The average Bonchev–Trinajstić information content (AvgIpc) is 3.07. The van der Waals surface area contributed by atoms with Crippen molar-refractivity contribution in [2.45, 2.75) is 33.1 Å². The third-order valence-electron chi connectivity index (χ3n) is 4.47. The van der Waals surface area contributed by atoms with Crippen LogP contribution in [0.15, 0.2) is 36.4 Å². The summed E-state index contributed by atoms with van der Waals surface area (Å²) in [7, 11) is 0. The summed E-state index contributed by atoms with van der Waals surface area (Å²) < 4.78 is 1.05. The molecule has 1 amide bonds. The zero-order valence-corrected chi connectivity index (χ0v) is 17.7. The van der Waals surface area contributed by atoms with E-state index in [9.17, 15) is 14.9 Å². The van der Waals surface area contributed by atoms with Gasteiger partial charge < -0.3 is 5.32 Å². The number of aryl methyl sites for hydroxylation is 1. The van der Waals surface area contributed by atoms with E-state index in [0.717, 1.165) is 29.5 Å². The van der Waals surface area contributed by atoms with Gasteiger partial charge in [0.2, 0.25) is 0 Å². The Balaban J connectivity index is 1.70. The molecule has 0 atom stereocenters. The summed E-state index contributed by atoms with van der Waals surface area (Å²) in [6, 6.07) is 10.5. The van der Waals surface area contributed by atoms with E-state index in [1.165, 1.54) is 42.0 Å². The molecule has 0 bridgehead atoms. The highest BCUT2D eigenvalue weighted by Gasteiger charge is 2.19. The Labute approximate surface area is 177 Å². The fraction of sp³-hybridized carbons (Fsp3) is 0.250. The zero-order valence-electron chi connectivity index (χ0n) is 16.0. The summed E-state index contributed by atoms with van der Waals surface area (Å²) in [6.45, 7) is 3.70. The number of anilines is 1. The smallest absolute Gasteiger partial charge is 0.273 e. The van der Waals surface area contributed by atoms with Crippen LogP contribution in [0.2, 0.25) is 0 Å². The van der Waals surface area contributed by atoms with Crippen molar-refractivity contribution >= 4 is 55.6 Å². The zero-order chi connectivity index (χ0) is 21.0. The van der Waals surface area contributed by atoms with Gasteiger partial charge in [0.05, 0.1) is 15.1 Å². The first-order valence-corrected chi connectivity index (χ1v) is 10.4. The molecule has 0 radical (unpaired) electrons. The monoisotopic (exact) mass is 428 g/mol. The van der Waals surface area contributed by atoms with Gasteiger partial charge in [0.15, 0.2) is 10.2 Å². The normalized spacial score (nSPS) is 10.7. The van der Waals surface area contributed by atoms with Gasteiger partial charge in [-0.25, -0.2) is 4.98 Å². The van der Waals surface area contributed by atoms with Crippen LogP contribution in [-0.2, 0) is 6.42 Å². The molecular weight excluding hydrogens is 408 g/mol. The fourth-order valence-corrected chi connectivity index (χ4v) is 4.11. The van der Waals surface area contributed by atoms with Crippen LogP contribution < -0.4 is 10.6 Å². The van der Waals surface area contributed by atoms with Crippen molar-refractivity contribution in [2.75, 3.05) is 5.32 Å². The van der Waals surface area contributed by atoms with Crippen molar-refractivity contribution in [3.05, 3.63) is 63.2 Å². The summed E-state index contributed by atoms with van der Waals surface area (Å²) in [5.41, 5.74) is 2.51. The van der Waals surface area contributed by atoms with E-state index in [1.54, 1.807) is 0 Å². The Morgan fingerprint density at radius 1 is 1.31 bits per heavy atom. The minimum Gasteiger partial charge on any atom is -0.308 e. The first-order valence-electron chi connectivity index (χ1n) is 9.15. The summed E-state index contributed by atoms with van der Waals surface area (Å²) in [5, 5.41) is 17.2. The number of fused-ring (bicyclic) bond motifs is 1. The van der Waals surface area contributed by atoms with E-state index in [0.29, 0.717) is 5.13 Å². The molecule has 0 spiro atoms. The standard InChI is InChI=1S/C20H20N4O3S2/c1-3-4-6-13-9-10-15-17(11-13)29-20(21-15)23-19(28)22-18(25)14-7-5-8-16(12(14)2)24(26)27/h5,7-11H,3-4,6H2,1-2H3,(H2,21,22,23,25,28). The van der Waals surface area contributed by atoms with Crippen molar-refractivity contribution in [1.82, 2.24) is 10.3 Å². The number of hydrogen-bond donors (Lipinski definition) is 2. The van der Waals surface area contributed by atoms with Gasteiger partial charge in [0.25, 0.3) is 11.6 Å². The molecule has 3 aromatic rings. The molecule has 0 aliphatic carbocycles. The summed E-state index contributed by atoms with van der Waals surface area (Å²) >= 11 is 6.67. The number of hydrogen-bond acceptors (Lipinski definition) is 6. The van der Waals surface area contributed by atoms with Crippen molar-refractivity contribution in [2.24, 2.45) is 0 Å². The lowest BCUT2D eigenvalue weighted by atomic mass is 10.1. The topological polar surface area (TPSA) is 97.2 Å². The van der Waals surface area contributed by atoms with Crippen molar-refractivity contribution in [3.63, 3.8) is 0 Å². The molecule has 9 heteroatoms. The van der Waals surface area contributed by atoms with Crippen LogP contribution in [0.1, 0.15) is 41.3 Å². The third-order valence-corrected chi connectivity index (χ3v) is 5.60. The summed E-state index contributed by atoms with van der Waals surface area (Å²) in [4.78, 5) is 27.5. The molecule has 150 valence electrons. The van der Waals surface area contributed by atoms with Gasteiger partial charge >= 0.3 is 0 Å². The molecule has 2 N–H and O–H groups in total. The van der Waals surface area contributed by atoms with E-state index >= 15 is 0 Å². The van der Waals surface area contributed by atoms with E-state index < -0.39 is 10.8 Å². The molecule has 7 nitrogen and oxygen atoms in total. The van der Waals surface area contributed by atoms with Crippen LogP contribution >= 0.6 is 23.6 Å². The maximum atomic E-state index is 12.5. The summed E-state index contributed by atoms with van der Waals surface area (Å²) in [6.07, 6.45) is 3.32. The molecule has 1 aromatic heterocycles. The van der Waals surface area contributed by atoms with Crippen LogP contribution in [0, 0.1) is 17.0 Å². The number of thiazole rings is 1. The molecule has 1 heterocycles. The minimum atomic E-state index is -0.515. The SMILES string of the molecule is CCCCc1ccc2nc(NC(=S)NC(=O)c3cccc([N+](=O)[O-])c3C)sc2c1. The quantitative estimate of drug-likeness (QED) is 0.326. The van der Waals surface area contributed by atoms with Gasteiger partial charge in [-0.05, 0) is 55.7 Å². The number of nitro groups is 1. The number of carbonyl (C=O) groups is 1. The number of nitrogens with one attached hydrogen (secondary N) is 2. The predicted molar refractivity (Wildman–Crippen MR) is 120 cm³/mol. The highest BCUT2D eigenvalue weighted by molar-refractivity contribution is 7.80. The van der Waals surface area contributed by atoms with Crippen LogP contribution in [0.4, 0.5) is 10.8 Å². The van der Waals surface area contributed by atoms with Gasteiger partial charge in [-0.2, -0.15) is 0 Å². The van der Waals surface area contributed by atoms with Crippen molar-refractivity contribution < 1.29 is 9.72 Å². The molecule has 3 rings (SSSR count). The van der Waals surface area contributed by atoms with Gasteiger partial charge in [0, 0.05) is 17.2 Å². The summed E-state index contributed by atoms with van der Waals surface area (Å²) in [5.74, 6) is -0.508. The number of rotatable bonds is 6. The number of unbranched alkanes of at least 4 members (excludes halogenated alkanes) is 1. The first kappa shape index (κ1) is 20.8. The minimum absolute atomic E-state index is 0.0890. The van der Waals surface area contributed by atoms with Crippen molar-refractivity contribution in [3.8, 4) is 0 Å². The van der Waals surface area contributed by atoms with E-state index in [-0.39, 0.29) is 21.9 Å². The van der Waals surface area contributed by atoms with E-state index in [4.69, 9.17) is 12.2 Å². The second kappa shape index (κ2) is 9.06. The molecule has 0 saturated heterocycles. The number of thiocarbonyl (C=S) groups is 1.